The molecule has 0 fully saturated rings. The van der Waals surface area contributed by atoms with Crippen LogP contribution in [0.1, 0.15) is 41.3 Å². The van der Waals surface area contributed by atoms with Crippen molar-refractivity contribution in [2.75, 3.05) is 7.11 Å². The zero-order valence-corrected chi connectivity index (χ0v) is 19.1. The second-order valence-corrected chi connectivity index (χ2v) is 8.32. The Morgan fingerprint density at radius 1 is 1.17 bits per heavy atom. The summed E-state index contributed by atoms with van der Waals surface area (Å²) in [4.78, 5) is 13.3. The number of hydrogen-bond donors (Lipinski definition) is 0. The first-order valence-corrected chi connectivity index (χ1v) is 11.0. The second-order valence-electron chi connectivity index (χ2n) is 8.32. The van der Waals surface area contributed by atoms with Crippen molar-refractivity contribution in [3.05, 3.63) is 83.1 Å². The summed E-state index contributed by atoms with van der Waals surface area (Å²) in [5.74, 6) is 0.0519. The van der Waals surface area contributed by atoms with Gasteiger partial charge in [-0.3, -0.25) is 4.57 Å². The Morgan fingerprint density at radius 2 is 2.03 bits per heavy atom. The van der Waals surface area contributed by atoms with E-state index < -0.39 is 17.0 Å². The maximum atomic E-state index is 14.0. The maximum absolute atomic E-state index is 14.0. The van der Waals surface area contributed by atoms with Gasteiger partial charge in [0, 0.05) is 18.9 Å². The molecule has 176 valence electrons. The molecule has 0 aliphatic carbocycles. The molecule has 4 aromatic rings. The number of fused-ring (bicyclic) bond motifs is 1. The minimum Gasteiger partial charge on any atom is -0.493 e. The van der Waals surface area contributed by atoms with Crippen LogP contribution in [0.2, 0.25) is 0 Å². The summed E-state index contributed by atoms with van der Waals surface area (Å²) < 4.78 is 36.4. The number of imidazole rings is 1. The van der Waals surface area contributed by atoms with Crippen molar-refractivity contribution in [1.82, 2.24) is 29.3 Å². The minimum atomic E-state index is -1.21. The summed E-state index contributed by atoms with van der Waals surface area (Å²) in [5, 5.41) is 14.6. The van der Waals surface area contributed by atoms with Gasteiger partial charge in [-0.2, -0.15) is 10.4 Å². The molecular weight excluding hydrogens is 452 g/mol. The highest BCUT2D eigenvalue weighted by Gasteiger charge is 2.42. The van der Waals surface area contributed by atoms with Gasteiger partial charge in [-0.05, 0) is 61.2 Å². The van der Waals surface area contributed by atoms with Gasteiger partial charge in [0.25, 0.3) is 0 Å². The van der Waals surface area contributed by atoms with E-state index in [4.69, 9.17) is 4.74 Å². The van der Waals surface area contributed by atoms with Crippen LogP contribution >= 0.6 is 0 Å². The van der Waals surface area contributed by atoms with E-state index in [9.17, 15) is 14.0 Å². The molecule has 5 rings (SSSR count). The Morgan fingerprint density at radius 3 is 2.74 bits per heavy atom. The molecule has 0 spiro atoms. The van der Waals surface area contributed by atoms with Crippen molar-refractivity contribution in [3.63, 3.8) is 0 Å². The number of nitrogens with zero attached hydrogens (tertiary/aromatic N) is 7. The molecule has 3 aromatic heterocycles. The monoisotopic (exact) mass is 473 g/mol. The number of aromatic nitrogens is 6. The van der Waals surface area contributed by atoms with Gasteiger partial charge in [0.1, 0.15) is 11.7 Å². The lowest BCUT2D eigenvalue weighted by atomic mass is 9.75. The van der Waals surface area contributed by atoms with Crippen LogP contribution in [0.4, 0.5) is 8.78 Å². The summed E-state index contributed by atoms with van der Waals surface area (Å²) in [5.41, 5.74) is 0.787. The largest absolute Gasteiger partial charge is 0.493 e. The second kappa shape index (κ2) is 8.76. The Kier molecular flexibility index (Phi) is 5.61. The summed E-state index contributed by atoms with van der Waals surface area (Å²) in [6, 6.07) is 7.67. The van der Waals surface area contributed by atoms with Gasteiger partial charge in [-0.15, -0.1) is 0 Å². The van der Waals surface area contributed by atoms with E-state index in [1.165, 1.54) is 6.07 Å². The highest BCUT2D eigenvalue weighted by atomic mass is 19.2. The Bertz CT molecular complexity index is 1480. The van der Waals surface area contributed by atoms with E-state index in [1.54, 1.807) is 41.0 Å². The highest BCUT2D eigenvalue weighted by Crippen LogP contribution is 2.39. The van der Waals surface area contributed by atoms with Crippen molar-refractivity contribution >= 4 is 12.2 Å². The first-order valence-electron chi connectivity index (χ1n) is 11.0. The lowest BCUT2D eigenvalue weighted by molar-refractivity contribution is 0.390. The number of aryl methyl sites for hydroxylation is 2. The Hall–Kier alpha value is -4.39. The highest BCUT2D eigenvalue weighted by molar-refractivity contribution is 5.68. The van der Waals surface area contributed by atoms with Crippen LogP contribution in [0.5, 0.6) is 5.75 Å². The molecule has 0 saturated carbocycles. The molecule has 0 radical (unpaired) electrons. The third-order valence-electron chi connectivity index (χ3n) is 6.05. The quantitative estimate of drug-likeness (QED) is 0.431. The van der Waals surface area contributed by atoms with Crippen molar-refractivity contribution in [2.24, 2.45) is 0 Å². The average molecular weight is 473 g/mol. The van der Waals surface area contributed by atoms with E-state index in [-0.39, 0.29) is 0 Å². The third kappa shape index (κ3) is 3.95. The third-order valence-corrected chi connectivity index (χ3v) is 6.05. The lowest BCUT2D eigenvalue weighted by Crippen LogP contribution is -2.34. The van der Waals surface area contributed by atoms with Crippen LogP contribution in [0.3, 0.4) is 0 Å². The smallest absolute Gasteiger partial charge is 0.180 e. The van der Waals surface area contributed by atoms with E-state index in [1.807, 2.05) is 19.2 Å². The fourth-order valence-corrected chi connectivity index (χ4v) is 4.31. The maximum Gasteiger partial charge on any atom is 0.180 e. The van der Waals surface area contributed by atoms with Gasteiger partial charge in [0.2, 0.25) is 0 Å². The molecule has 0 amide bonds. The fourth-order valence-electron chi connectivity index (χ4n) is 4.31. The molecule has 1 aliphatic heterocycles. The number of rotatable bonds is 5. The Balaban J connectivity index is 1.47. The van der Waals surface area contributed by atoms with Crippen molar-refractivity contribution < 1.29 is 13.5 Å². The van der Waals surface area contributed by atoms with Crippen LogP contribution in [0.25, 0.3) is 18.0 Å². The van der Waals surface area contributed by atoms with Gasteiger partial charge < -0.3 is 4.74 Å². The number of ether oxygens (including phenoxy) is 1. The molecule has 35 heavy (non-hydrogen) atoms. The number of methoxy groups -OCH3 is 1. The summed E-state index contributed by atoms with van der Waals surface area (Å²) in [6.07, 6.45) is 9.83. The first-order chi connectivity index (χ1) is 16.9. The SMILES string of the molecule is COc1cc(/C=C/c2nc3n(n2)CCC[C@@]3(C#N)c2ccc(F)c(F)c2)cnc1-n1cnc(C)c1. The molecule has 1 aliphatic rings. The van der Waals surface area contributed by atoms with E-state index in [0.717, 1.165) is 23.4 Å². The predicted octanol–water partition coefficient (Wildman–Crippen LogP) is 4.23. The van der Waals surface area contributed by atoms with Gasteiger partial charge in [-0.1, -0.05) is 6.07 Å². The van der Waals surface area contributed by atoms with Crippen molar-refractivity contribution in [1.29, 1.82) is 5.26 Å². The van der Waals surface area contributed by atoms with Crippen molar-refractivity contribution in [3.8, 4) is 17.6 Å². The number of benzene rings is 1. The van der Waals surface area contributed by atoms with E-state index in [0.29, 0.717) is 48.2 Å². The number of hydrogen-bond acceptors (Lipinski definition) is 6. The number of halogens is 2. The standard InChI is InChI=1S/C25H21F2N7O/c1-16-13-33(15-30-16)23-21(35-2)10-17(12-29-23)4-7-22-31-24-25(14-28,8-3-9-34(24)32-22)18-5-6-19(26)20(27)11-18/h4-7,10-13,15H,3,8-9H2,1-2H3/b7-4+/t25-/m1/s1. The van der Waals surface area contributed by atoms with Gasteiger partial charge >= 0.3 is 0 Å². The summed E-state index contributed by atoms with van der Waals surface area (Å²) >= 11 is 0. The summed E-state index contributed by atoms with van der Waals surface area (Å²) in [7, 11) is 1.57. The molecule has 0 saturated heterocycles. The van der Waals surface area contributed by atoms with Crippen LogP contribution in [0.15, 0.2) is 43.0 Å². The molecule has 0 N–H and O–H groups in total. The normalized spacial score (nSPS) is 17.3. The number of pyridine rings is 1. The van der Waals surface area contributed by atoms with Gasteiger partial charge in [-0.25, -0.2) is 28.4 Å². The van der Waals surface area contributed by atoms with Gasteiger partial charge in [0.15, 0.2) is 34.9 Å². The van der Waals surface area contributed by atoms with Crippen molar-refractivity contribution in [2.45, 2.75) is 31.7 Å². The van der Waals surface area contributed by atoms with Gasteiger partial charge in [0.05, 0.1) is 18.9 Å². The van der Waals surface area contributed by atoms with Crippen LogP contribution in [-0.4, -0.2) is 36.4 Å². The van der Waals surface area contributed by atoms with E-state index in [2.05, 4.69) is 26.1 Å². The fraction of sp³-hybridized carbons (Fsp3) is 0.240. The van der Waals surface area contributed by atoms with E-state index >= 15 is 0 Å². The summed E-state index contributed by atoms with van der Waals surface area (Å²) in [6.45, 7) is 2.48. The minimum absolute atomic E-state index is 0.363. The molecular formula is C25H21F2N7O. The average Bonchev–Trinajstić information content (AvgIpc) is 3.50. The van der Waals surface area contributed by atoms with Crippen LogP contribution < -0.4 is 4.74 Å². The zero-order valence-electron chi connectivity index (χ0n) is 19.1. The zero-order chi connectivity index (χ0) is 24.6. The number of nitriles is 1. The molecule has 1 aromatic carbocycles. The lowest BCUT2D eigenvalue weighted by Gasteiger charge is -2.30. The molecule has 1 atom stereocenters. The van der Waals surface area contributed by atoms with Crippen LogP contribution in [0, 0.1) is 29.9 Å². The first kappa shape index (κ1) is 22.4. The molecule has 10 heteroatoms. The molecule has 8 nitrogen and oxygen atoms in total. The Labute approximate surface area is 200 Å². The molecule has 0 bridgehead atoms. The topological polar surface area (TPSA) is 94.4 Å². The molecule has 4 heterocycles. The predicted molar refractivity (Wildman–Crippen MR) is 124 cm³/mol. The van der Waals surface area contributed by atoms with Crippen LogP contribution in [-0.2, 0) is 12.0 Å². The molecule has 0 unspecified atom stereocenters.